The Morgan fingerprint density at radius 1 is 1.19 bits per heavy atom. The SMILES string of the molecule is NC(=S)c1ccnc(Nc2ccc(OC(F)(F)F)cc2)c1. The van der Waals surface area contributed by atoms with E-state index in [2.05, 4.69) is 15.0 Å². The summed E-state index contributed by atoms with van der Waals surface area (Å²) in [6.07, 6.45) is -3.18. The maximum atomic E-state index is 12.0. The van der Waals surface area contributed by atoms with Crippen LogP contribution in [0.2, 0.25) is 0 Å². The molecule has 0 amide bonds. The van der Waals surface area contributed by atoms with Crippen molar-refractivity contribution >= 4 is 28.7 Å². The number of thiocarbonyl (C=S) groups is 1. The molecular formula is C13H10F3N3OS. The standard InChI is InChI=1S/C13H10F3N3OS/c14-13(15,16)20-10-3-1-9(2-4-10)19-11-7-8(12(17)21)5-6-18-11/h1-7H,(H2,17,21)(H,18,19). The molecule has 0 aliphatic heterocycles. The van der Waals surface area contributed by atoms with Crippen molar-refractivity contribution in [3.8, 4) is 5.75 Å². The van der Waals surface area contributed by atoms with E-state index in [1.807, 2.05) is 0 Å². The monoisotopic (exact) mass is 313 g/mol. The maximum Gasteiger partial charge on any atom is 0.573 e. The van der Waals surface area contributed by atoms with Gasteiger partial charge in [-0.05, 0) is 36.4 Å². The van der Waals surface area contributed by atoms with E-state index in [4.69, 9.17) is 18.0 Å². The number of nitrogens with zero attached hydrogens (tertiary/aromatic N) is 1. The van der Waals surface area contributed by atoms with Gasteiger partial charge < -0.3 is 15.8 Å². The number of rotatable bonds is 4. The van der Waals surface area contributed by atoms with E-state index < -0.39 is 6.36 Å². The van der Waals surface area contributed by atoms with Crippen LogP contribution in [0.5, 0.6) is 5.75 Å². The highest BCUT2D eigenvalue weighted by atomic mass is 32.1. The number of alkyl halides is 3. The molecule has 1 heterocycles. The molecule has 2 aromatic rings. The third-order valence-electron chi connectivity index (χ3n) is 2.40. The van der Waals surface area contributed by atoms with E-state index in [9.17, 15) is 13.2 Å². The summed E-state index contributed by atoms with van der Waals surface area (Å²) < 4.78 is 39.9. The summed E-state index contributed by atoms with van der Waals surface area (Å²) >= 11 is 4.85. The van der Waals surface area contributed by atoms with E-state index in [1.54, 1.807) is 12.1 Å². The second-order valence-corrected chi connectivity index (χ2v) is 4.43. The molecule has 0 fully saturated rings. The van der Waals surface area contributed by atoms with Crippen molar-refractivity contribution in [2.45, 2.75) is 6.36 Å². The number of halogens is 3. The second kappa shape index (κ2) is 5.96. The number of hydrogen-bond acceptors (Lipinski definition) is 4. The summed E-state index contributed by atoms with van der Waals surface area (Å²) in [7, 11) is 0. The fourth-order valence-electron chi connectivity index (χ4n) is 1.54. The van der Waals surface area contributed by atoms with Gasteiger partial charge in [0.15, 0.2) is 0 Å². The van der Waals surface area contributed by atoms with Gasteiger partial charge in [-0.2, -0.15) is 0 Å². The lowest BCUT2D eigenvalue weighted by Crippen LogP contribution is -2.17. The average Bonchev–Trinajstić information content (AvgIpc) is 2.40. The van der Waals surface area contributed by atoms with E-state index >= 15 is 0 Å². The predicted molar refractivity (Wildman–Crippen MR) is 76.5 cm³/mol. The first-order valence-corrected chi connectivity index (χ1v) is 6.13. The van der Waals surface area contributed by atoms with Crippen LogP contribution in [0.1, 0.15) is 5.56 Å². The van der Waals surface area contributed by atoms with Gasteiger partial charge in [0.25, 0.3) is 0 Å². The van der Waals surface area contributed by atoms with Crippen molar-refractivity contribution in [3.63, 3.8) is 0 Å². The molecule has 4 nitrogen and oxygen atoms in total. The molecule has 0 saturated carbocycles. The van der Waals surface area contributed by atoms with Crippen LogP contribution in [-0.4, -0.2) is 16.3 Å². The molecule has 1 aromatic carbocycles. The lowest BCUT2D eigenvalue weighted by atomic mass is 10.2. The molecule has 0 aliphatic carbocycles. The normalized spacial score (nSPS) is 11.0. The topological polar surface area (TPSA) is 60.2 Å². The van der Waals surface area contributed by atoms with E-state index in [0.29, 0.717) is 17.1 Å². The Labute approximate surface area is 123 Å². The van der Waals surface area contributed by atoms with E-state index in [0.717, 1.165) is 0 Å². The number of benzene rings is 1. The second-order valence-electron chi connectivity index (χ2n) is 3.99. The highest BCUT2D eigenvalue weighted by Crippen LogP contribution is 2.25. The number of aromatic nitrogens is 1. The van der Waals surface area contributed by atoms with Crippen LogP contribution in [0, 0.1) is 0 Å². The average molecular weight is 313 g/mol. The molecule has 21 heavy (non-hydrogen) atoms. The van der Waals surface area contributed by atoms with Crippen molar-refractivity contribution in [2.24, 2.45) is 5.73 Å². The Hall–Kier alpha value is -2.35. The Morgan fingerprint density at radius 3 is 2.43 bits per heavy atom. The molecule has 0 spiro atoms. The third-order valence-corrected chi connectivity index (χ3v) is 2.64. The zero-order chi connectivity index (χ0) is 15.5. The van der Waals surface area contributed by atoms with Gasteiger partial charge in [0.2, 0.25) is 0 Å². The molecule has 0 unspecified atom stereocenters. The van der Waals surface area contributed by atoms with Gasteiger partial charge in [-0.15, -0.1) is 13.2 Å². The van der Waals surface area contributed by atoms with Crippen molar-refractivity contribution in [3.05, 3.63) is 48.2 Å². The number of pyridine rings is 1. The Bertz CT molecular complexity index is 644. The Kier molecular flexibility index (Phi) is 4.27. The minimum atomic E-state index is -4.71. The van der Waals surface area contributed by atoms with Crippen LogP contribution in [0.15, 0.2) is 42.6 Å². The molecule has 0 saturated heterocycles. The van der Waals surface area contributed by atoms with Crippen molar-refractivity contribution in [1.29, 1.82) is 0 Å². The van der Waals surface area contributed by atoms with Crippen molar-refractivity contribution < 1.29 is 17.9 Å². The fraction of sp³-hybridized carbons (Fsp3) is 0.0769. The third kappa shape index (κ3) is 4.60. The number of hydrogen-bond donors (Lipinski definition) is 2. The van der Waals surface area contributed by atoms with Gasteiger partial charge in [-0.25, -0.2) is 4.98 Å². The van der Waals surface area contributed by atoms with Crippen LogP contribution in [0.3, 0.4) is 0 Å². The smallest absolute Gasteiger partial charge is 0.406 e. The summed E-state index contributed by atoms with van der Waals surface area (Å²) in [5, 5.41) is 2.93. The molecule has 0 aliphatic rings. The lowest BCUT2D eigenvalue weighted by Gasteiger charge is -2.10. The van der Waals surface area contributed by atoms with Gasteiger partial charge in [-0.1, -0.05) is 12.2 Å². The van der Waals surface area contributed by atoms with Crippen molar-refractivity contribution in [1.82, 2.24) is 4.98 Å². The van der Waals surface area contributed by atoms with Crippen LogP contribution < -0.4 is 15.8 Å². The molecule has 2 rings (SSSR count). The van der Waals surface area contributed by atoms with Gasteiger partial charge >= 0.3 is 6.36 Å². The van der Waals surface area contributed by atoms with E-state index in [1.165, 1.54) is 30.5 Å². The first-order chi connectivity index (χ1) is 9.83. The zero-order valence-corrected chi connectivity index (χ0v) is 11.3. The molecule has 1 aromatic heterocycles. The molecule has 0 radical (unpaired) electrons. The summed E-state index contributed by atoms with van der Waals surface area (Å²) in [6.45, 7) is 0. The minimum Gasteiger partial charge on any atom is -0.406 e. The van der Waals surface area contributed by atoms with Gasteiger partial charge in [0.05, 0.1) is 0 Å². The molecule has 0 bridgehead atoms. The van der Waals surface area contributed by atoms with Crippen LogP contribution >= 0.6 is 12.2 Å². The lowest BCUT2D eigenvalue weighted by molar-refractivity contribution is -0.274. The highest BCUT2D eigenvalue weighted by Gasteiger charge is 2.30. The van der Waals surface area contributed by atoms with Gasteiger partial charge in [-0.3, -0.25) is 0 Å². The largest absolute Gasteiger partial charge is 0.573 e. The Balaban J connectivity index is 2.10. The number of ether oxygens (including phenoxy) is 1. The summed E-state index contributed by atoms with van der Waals surface area (Å²) in [5.74, 6) is 0.183. The maximum absolute atomic E-state index is 12.0. The predicted octanol–water partition coefficient (Wildman–Crippen LogP) is 3.36. The summed E-state index contributed by atoms with van der Waals surface area (Å²) in [6, 6.07) is 8.59. The fourth-order valence-corrected chi connectivity index (χ4v) is 1.67. The Morgan fingerprint density at radius 2 is 1.86 bits per heavy atom. The molecule has 110 valence electrons. The molecule has 0 atom stereocenters. The molecule has 8 heteroatoms. The highest BCUT2D eigenvalue weighted by molar-refractivity contribution is 7.80. The number of nitrogens with two attached hydrogens (primary N) is 1. The quantitative estimate of drug-likeness (QED) is 0.848. The number of nitrogens with one attached hydrogen (secondary N) is 1. The minimum absolute atomic E-state index is 0.231. The van der Waals surface area contributed by atoms with E-state index in [-0.39, 0.29) is 10.7 Å². The van der Waals surface area contributed by atoms with Gasteiger partial charge in [0.1, 0.15) is 16.6 Å². The summed E-state index contributed by atoms with van der Waals surface area (Å²) in [4.78, 5) is 4.29. The first-order valence-electron chi connectivity index (χ1n) is 5.72. The first kappa shape index (κ1) is 15.0. The van der Waals surface area contributed by atoms with Crippen LogP contribution in [-0.2, 0) is 0 Å². The van der Waals surface area contributed by atoms with Gasteiger partial charge in [0, 0.05) is 17.4 Å². The summed E-state index contributed by atoms with van der Waals surface area (Å²) in [5.41, 5.74) is 6.70. The van der Waals surface area contributed by atoms with Crippen LogP contribution in [0.25, 0.3) is 0 Å². The van der Waals surface area contributed by atoms with Crippen molar-refractivity contribution in [2.75, 3.05) is 5.32 Å². The molecular weight excluding hydrogens is 303 g/mol. The molecule has 3 N–H and O–H groups in total. The zero-order valence-electron chi connectivity index (χ0n) is 10.5. The van der Waals surface area contributed by atoms with Crippen LogP contribution in [0.4, 0.5) is 24.7 Å². The number of anilines is 2.